The van der Waals surface area contributed by atoms with Gasteiger partial charge < -0.3 is 15.6 Å². The van der Waals surface area contributed by atoms with Crippen LogP contribution >= 0.6 is 24.0 Å². The van der Waals surface area contributed by atoms with Crippen LogP contribution in [0.2, 0.25) is 0 Å². The zero-order chi connectivity index (χ0) is 14.7. The lowest BCUT2D eigenvalue weighted by Crippen LogP contribution is -2.43. The van der Waals surface area contributed by atoms with Gasteiger partial charge in [-0.05, 0) is 30.9 Å². The number of guanidine groups is 1. The molecule has 2 heterocycles. The van der Waals surface area contributed by atoms with Crippen LogP contribution in [0, 0.1) is 5.92 Å². The molecule has 3 N–H and O–H groups in total. The van der Waals surface area contributed by atoms with Crippen molar-refractivity contribution in [3.05, 3.63) is 30.1 Å². The van der Waals surface area contributed by atoms with Gasteiger partial charge in [0.15, 0.2) is 5.96 Å². The lowest BCUT2D eigenvalue weighted by molar-refractivity contribution is 0.270. The number of hydrogen-bond donors (Lipinski definition) is 2. The molecule has 1 atom stereocenters. The Hall–Kier alpha value is -1.31. The molecule has 0 bridgehead atoms. The average molecular weight is 413 g/mol. The van der Waals surface area contributed by atoms with Crippen molar-refractivity contribution < 1.29 is 0 Å². The lowest BCUT2D eigenvalue weighted by Gasteiger charge is -2.31. The molecule has 3 rings (SSSR count). The summed E-state index contributed by atoms with van der Waals surface area (Å²) >= 11 is 0. The molecule has 1 unspecified atom stereocenters. The molecule has 1 aliphatic heterocycles. The van der Waals surface area contributed by atoms with Crippen LogP contribution in [0.5, 0.6) is 0 Å². The normalized spacial score (nSPS) is 19.2. The van der Waals surface area contributed by atoms with Gasteiger partial charge in [0.1, 0.15) is 5.82 Å². The molecule has 0 radical (unpaired) electrons. The number of nitrogens with two attached hydrogens (primary N) is 1. The zero-order valence-electron chi connectivity index (χ0n) is 13.0. The molecule has 120 valence electrons. The van der Waals surface area contributed by atoms with Gasteiger partial charge >= 0.3 is 0 Å². The van der Waals surface area contributed by atoms with Crippen molar-refractivity contribution >= 4 is 41.0 Å². The smallest absolute Gasteiger partial charge is 0.191 e. The highest BCUT2D eigenvalue weighted by Crippen LogP contribution is 2.15. The van der Waals surface area contributed by atoms with Crippen LogP contribution in [0.4, 0.5) is 0 Å². The number of benzene rings is 1. The Morgan fingerprint density at radius 1 is 1.45 bits per heavy atom. The summed E-state index contributed by atoms with van der Waals surface area (Å²) in [6, 6.07) is 8.07. The Balaban J connectivity index is 0.00000176. The first-order valence-electron chi connectivity index (χ1n) is 7.71. The van der Waals surface area contributed by atoms with Gasteiger partial charge in [0.2, 0.25) is 0 Å². The molecule has 1 aromatic carbocycles. The van der Waals surface area contributed by atoms with Crippen LogP contribution < -0.4 is 5.73 Å². The molecule has 2 aromatic rings. The molecule has 0 aliphatic carbocycles. The first kappa shape index (κ1) is 17.1. The van der Waals surface area contributed by atoms with Gasteiger partial charge in [-0.3, -0.25) is 4.99 Å². The fourth-order valence-corrected chi connectivity index (χ4v) is 2.90. The van der Waals surface area contributed by atoms with E-state index in [4.69, 9.17) is 5.73 Å². The molecule has 1 aliphatic rings. The maximum Gasteiger partial charge on any atom is 0.191 e. The number of aromatic amines is 1. The van der Waals surface area contributed by atoms with Crippen molar-refractivity contribution in [1.82, 2.24) is 14.9 Å². The minimum absolute atomic E-state index is 0. The van der Waals surface area contributed by atoms with E-state index < -0.39 is 0 Å². The summed E-state index contributed by atoms with van der Waals surface area (Å²) in [5.74, 6) is 2.36. The van der Waals surface area contributed by atoms with Gasteiger partial charge in [-0.2, -0.15) is 0 Å². The first-order chi connectivity index (χ1) is 10.2. The number of rotatable bonds is 3. The molecule has 0 spiro atoms. The molecule has 0 amide bonds. The van der Waals surface area contributed by atoms with E-state index in [-0.39, 0.29) is 24.0 Å². The number of likely N-dealkylation sites (tertiary alicyclic amines) is 1. The van der Waals surface area contributed by atoms with Crippen molar-refractivity contribution in [3.8, 4) is 0 Å². The number of aromatic nitrogens is 2. The first-order valence-corrected chi connectivity index (χ1v) is 7.71. The van der Waals surface area contributed by atoms with E-state index in [9.17, 15) is 0 Å². The molecule has 1 fully saturated rings. The molecule has 22 heavy (non-hydrogen) atoms. The van der Waals surface area contributed by atoms with Gasteiger partial charge in [-0.25, -0.2) is 4.98 Å². The summed E-state index contributed by atoms with van der Waals surface area (Å²) in [5.41, 5.74) is 8.18. The minimum atomic E-state index is 0. The van der Waals surface area contributed by atoms with Crippen LogP contribution in [0.3, 0.4) is 0 Å². The highest BCUT2D eigenvalue weighted by atomic mass is 127. The number of aliphatic imine (C=N–C) groups is 1. The monoisotopic (exact) mass is 413 g/mol. The average Bonchev–Trinajstić information content (AvgIpc) is 2.89. The number of hydrogen-bond acceptors (Lipinski definition) is 2. The van der Waals surface area contributed by atoms with Crippen molar-refractivity contribution in [3.63, 3.8) is 0 Å². The third-order valence-corrected chi connectivity index (χ3v) is 4.04. The summed E-state index contributed by atoms with van der Waals surface area (Å²) in [6.07, 6.45) is 3.29. The van der Waals surface area contributed by atoms with Crippen molar-refractivity contribution in [1.29, 1.82) is 0 Å². The highest BCUT2D eigenvalue weighted by molar-refractivity contribution is 14.0. The van der Waals surface area contributed by atoms with E-state index in [0.717, 1.165) is 36.4 Å². The number of nitrogens with one attached hydrogen (secondary N) is 1. The number of halogens is 1. The van der Waals surface area contributed by atoms with Crippen LogP contribution in [-0.4, -0.2) is 40.5 Å². The van der Waals surface area contributed by atoms with Crippen molar-refractivity contribution in [2.75, 3.05) is 19.6 Å². The van der Waals surface area contributed by atoms with Gasteiger partial charge in [0.05, 0.1) is 11.0 Å². The number of imidazole rings is 1. The summed E-state index contributed by atoms with van der Waals surface area (Å²) < 4.78 is 0. The molecule has 1 saturated heterocycles. The van der Waals surface area contributed by atoms with Gasteiger partial charge in [0, 0.05) is 26.1 Å². The summed E-state index contributed by atoms with van der Waals surface area (Å²) in [7, 11) is 0. The molecule has 0 saturated carbocycles. The maximum absolute atomic E-state index is 6.10. The van der Waals surface area contributed by atoms with Crippen LogP contribution in [0.15, 0.2) is 29.3 Å². The number of fused-ring (bicyclic) bond motifs is 1. The van der Waals surface area contributed by atoms with E-state index in [1.54, 1.807) is 0 Å². The maximum atomic E-state index is 6.10. The van der Waals surface area contributed by atoms with Crippen LogP contribution in [0.1, 0.15) is 25.6 Å². The van der Waals surface area contributed by atoms with E-state index in [0.29, 0.717) is 18.4 Å². The second-order valence-electron chi connectivity index (χ2n) is 5.88. The van der Waals surface area contributed by atoms with Crippen molar-refractivity contribution in [2.24, 2.45) is 16.6 Å². The molecule has 1 aromatic heterocycles. The van der Waals surface area contributed by atoms with E-state index in [1.165, 1.54) is 12.8 Å². The third-order valence-electron chi connectivity index (χ3n) is 4.04. The third kappa shape index (κ3) is 4.12. The van der Waals surface area contributed by atoms with Gasteiger partial charge in [-0.15, -0.1) is 24.0 Å². The lowest BCUT2D eigenvalue weighted by atomic mass is 10.0. The molecule has 5 nitrogen and oxygen atoms in total. The molecular formula is C16H24IN5. The standard InChI is InChI=1S/C16H23N5.HI/c1-12-5-4-10-21(11-12)16(17)18-9-8-15-19-13-6-2-3-7-14(13)20-15;/h2-3,6-7,12H,4-5,8-11H2,1H3,(H2,17,18)(H,19,20);1H. The Bertz CT molecular complexity index is 603. The SMILES string of the molecule is CC1CCCN(C(N)=NCCc2nc3ccccc3[nH]2)C1.I. The largest absolute Gasteiger partial charge is 0.370 e. The molecular weight excluding hydrogens is 389 g/mol. The van der Waals surface area contributed by atoms with E-state index in [2.05, 4.69) is 26.8 Å². The van der Waals surface area contributed by atoms with Crippen LogP contribution in [0.25, 0.3) is 11.0 Å². The fraction of sp³-hybridized carbons (Fsp3) is 0.500. The summed E-state index contributed by atoms with van der Waals surface area (Å²) in [6.45, 7) is 5.01. The predicted octanol–water partition coefficient (Wildman–Crippen LogP) is 2.77. The Labute approximate surface area is 148 Å². The van der Waals surface area contributed by atoms with E-state index in [1.807, 2.05) is 24.3 Å². The number of nitrogens with zero attached hydrogens (tertiary/aromatic N) is 3. The Morgan fingerprint density at radius 3 is 3.05 bits per heavy atom. The Morgan fingerprint density at radius 2 is 2.27 bits per heavy atom. The topological polar surface area (TPSA) is 70.3 Å². The zero-order valence-corrected chi connectivity index (χ0v) is 15.3. The fourth-order valence-electron chi connectivity index (χ4n) is 2.90. The quantitative estimate of drug-likeness (QED) is 0.462. The van der Waals surface area contributed by atoms with E-state index >= 15 is 0 Å². The Kier molecular flexibility index (Phi) is 6.05. The van der Waals surface area contributed by atoms with Crippen molar-refractivity contribution in [2.45, 2.75) is 26.2 Å². The number of H-pyrrole nitrogens is 1. The highest BCUT2D eigenvalue weighted by Gasteiger charge is 2.17. The number of para-hydroxylation sites is 2. The summed E-state index contributed by atoms with van der Waals surface area (Å²) in [5, 5.41) is 0. The van der Waals surface area contributed by atoms with Gasteiger partial charge in [-0.1, -0.05) is 19.1 Å². The second kappa shape index (κ2) is 7.80. The minimum Gasteiger partial charge on any atom is -0.370 e. The molecule has 6 heteroatoms. The second-order valence-corrected chi connectivity index (χ2v) is 5.88. The van der Waals surface area contributed by atoms with Crippen LogP contribution in [-0.2, 0) is 6.42 Å². The van der Waals surface area contributed by atoms with Gasteiger partial charge in [0.25, 0.3) is 0 Å². The number of piperidine rings is 1. The predicted molar refractivity (Wildman–Crippen MR) is 102 cm³/mol. The summed E-state index contributed by atoms with van der Waals surface area (Å²) in [4.78, 5) is 14.6.